The minimum atomic E-state index is -0.329. The van der Waals surface area contributed by atoms with Crippen molar-refractivity contribution in [2.24, 2.45) is 7.05 Å². The lowest BCUT2D eigenvalue weighted by molar-refractivity contribution is -0.661. The predicted octanol–water partition coefficient (Wildman–Crippen LogP) is 9.26. The van der Waals surface area contributed by atoms with Gasteiger partial charge in [0.1, 0.15) is 35.2 Å². The number of nitriles is 1. The Balaban J connectivity index is 1.51. The first kappa shape index (κ1) is 25.0. The van der Waals surface area contributed by atoms with Crippen LogP contribution in [0.25, 0.3) is 66.3 Å². The summed E-state index contributed by atoms with van der Waals surface area (Å²) >= 11 is 0. The van der Waals surface area contributed by atoms with Gasteiger partial charge in [-0.05, 0) is 53.8 Å². The Bertz CT molecular complexity index is 2240. The van der Waals surface area contributed by atoms with E-state index in [0.29, 0.717) is 22.3 Å². The van der Waals surface area contributed by atoms with Crippen molar-refractivity contribution in [1.82, 2.24) is 0 Å². The number of benzene rings is 4. The van der Waals surface area contributed by atoms with Crippen molar-refractivity contribution < 1.29 is 17.8 Å². The van der Waals surface area contributed by atoms with Gasteiger partial charge in [0, 0.05) is 33.2 Å². The molecule has 0 N–H and O–H groups in total. The predicted molar refractivity (Wildman–Crippen MR) is 161 cm³/mol. The fraction of sp³-hybridized carbons (Fsp3) is 0.167. The van der Waals surface area contributed by atoms with Crippen LogP contribution < -0.4 is 4.57 Å². The molecule has 7 rings (SSSR count). The van der Waals surface area contributed by atoms with Crippen molar-refractivity contribution in [1.29, 1.82) is 5.26 Å². The summed E-state index contributed by atoms with van der Waals surface area (Å²) < 4.78 is 30.3. The van der Waals surface area contributed by atoms with E-state index >= 15 is 4.39 Å². The number of hydrogen-bond donors (Lipinski definition) is 0. The fourth-order valence-corrected chi connectivity index (χ4v) is 5.96. The maximum absolute atomic E-state index is 15.4. The highest BCUT2D eigenvalue weighted by molar-refractivity contribution is 6.14. The molecule has 0 fully saturated rings. The molecule has 0 saturated heterocycles. The van der Waals surface area contributed by atoms with Crippen LogP contribution in [-0.4, -0.2) is 0 Å². The minimum absolute atomic E-state index is 0.246. The molecule has 0 unspecified atom stereocenters. The van der Waals surface area contributed by atoms with Crippen LogP contribution in [0.15, 0.2) is 87.8 Å². The Kier molecular flexibility index (Phi) is 5.36. The van der Waals surface area contributed by atoms with E-state index in [-0.39, 0.29) is 11.2 Å². The zero-order chi connectivity index (χ0) is 28.6. The highest BCUT2D eigenvalue weighted by Gasteiger charge is 2.28. The number of fused-ring (bicyclic) bond motifs is 6. The molecular weight excluding hydrogens is 511 g/mol. The van der Waals surface area contributed by atoms with Gasteiger partial charge in [0.25, 0.3) is 0 Å². The van der Waals surface area contributed by atoms with Gasteiger partial charge >= 0.3 is 0 Å². The first-order valence-electron chi connectivity index (χ1n) is 13.7. The van der Waals surface area contributed by atoms with Crippen LogP contribution >= 0.6 is 0 Å². The number of aryl methyl sites for hydroxylation is 2. The van der Waals surface area contributed by atoms with Gasteiger partial charge in [-0.25, -0.2) is 8.96 Å². The number of halogens is 1. The molecule has 0 amide bonds. The lowest BCUT2D eigenvalue weighted by atomic mass is 9.87. The van der Waals surface area contributed by atoms with E-state index in [0.717, 1.165) is 60.7 Å². The summed E-state index contributed by atoms with van der Waals surface area (Å²) in [6.07, 6.45) is 1.87. The maximum atomic E-state index is 15.4. The lowest BCUT2D eigenvalue weighted by Gasteiger charge is -2.18. The molecule has 200 valence electrons. The number of nitrogens with zero attached hydrogens (tertiary/aromatic N) is 2. The van der Waals surface area contributed by atoms with E-state index in [1.165, 1.54) is 0 Å². The fourth-order valence-electron chi connectivity index (χ4n) is 5.96. The zero-order valence-electron chi connectivity index (χ0n) is 23.6. The summed E-state index contributed by atoms with van der Waals surface area (Å²) in [5.74, 6) is -0.246. The van der Waals surface area contributed by atoms with Crippen molar-refractivity contribution >= 4 is 43.9 Å². The molecule has 0 aliphatic heterocycles. The van der Waals surface area contributed by atoms with Gasteiger partial charge in [-0.3, -0.25) is 0 Å². The molecule has 0 atom stereocenters. The summed E-state index contributed by atoms with van der Waals surface area (Å²) in [5, 5.41) is 13.8. The molecule has 4 aromatic carbocycles. The van der Waals surface area contributed by atoms with Gasteiger partial charge in [0.2, 0.25) is 5.69 Å². The molecule has 0 saturated carbocycles. The van der Waals surface area contributed by atoms with E-state index in [9.17, 15) is 5.26 Å². The van der Waals surface area contributed by atoms with Gasteiger partial charge in [-0.2, -0.15) is 5.26 Å². The average molecular weight is 540 g/mol. The first-order chi connectivity index (χ1) is 19.6. The van der Waals surface area contributed by atoms with Crippen LogP contribution in [0, 0.1) is 24.1 Å². The minimum Gasteiger partial charge on any atom is -0.456 e. The molecule has 4 nitrogen and oxygen atoms in total. The van der Waals surface area contributed by atoms with Crippen molar-refractivity contribution in [2.45, 2.75) is 33.1 Å². The van der Waals surface area contributed by atoms with Crippen molar-refractivity contribution in [3.05, 3.63) is 102 Å². The van der Waals surface area contributed by atoms with E-state index in [1.54, 1.807) is 6.07 Å². The molecule has 41 heavy (non-hydrogen) atoms. The molecule has 0 bridgehead atoms. The Hall–Kier alpha value is -4.95. The number of rotatable bonds is 2. The Labute approximate surface area is 236 Å². The number of hydrogen-bond acceptors (Lipinski definition) is 3. The van der Waals surface area contributed by atoms with Crippen LogP contribution in [0.4, 0.5) is 4.39 Å². The molecular formula is C36H28FN2O2+. The summed E-state index contributed by atoms with van der Waals surface area (Å²) in [7, 11) is 1.94. The van der Waals surface area contributed by atoms with Gasteiger partial charge in [-0.1, -0.05) is 57.2 Å². The number of furan rings is 2. The topological polar surface area (TPSA) is 54.0 Å². The summed E-state index contributed by atoms with van der Waals surface area (Å²) in [5.41, 5.74) is 8.03. The maximum Gasteiger partial charge on any atom is 0.219 e. The van der Waals surface area contributed by atoms with Gasteiger partial charge in [0.05, 0.1) is 22.8 Å². The van der Waals surface area contributed by atoms with E-state index in [4.69, 9.17) is 8.83 Å². The highest BCUT2D eigenvalue weighted by atomic mass is 19.1. The van der Waals surface area contributed by atoms with Crippen molar-refractivity contribution in [3.8, 4) is 28.5 Å². The molecule has 0 radical (unpaired) electrons. The largest absolute Gasteiger partial charge is 0.456 e. The second kappa shape index (κ2) is 8.78. The molecule has 3 heterocycles. The highest BCUT2D eigenvalue weighted by Crippen LogP contribution is 2.42. The molecule has 0 aliphatic carbocycles. The number of para-hydroxylation sites is 1. The molecule has 3 aromatic heterocycles. The van der Waals surface area contributed by atoms with Gasteiger partial charge < -0.3 is 8.83 Å². The SMILES string of the molecule is Cc1ccc2c(oc3c(-c4ccc5c(c4)oc4ccccc45)cc(C#N)cc32)c1-c1cc(F)c(C(C)(C)C)c[n+]1C. The third-order valence-electron chi connectivity index (χ3n) is 8.06. The van der Waals surface area contributed by atoms with Gasteiger partial charge in [-0.15, -0.1) is 0 Å². The van der Waals surface area contributed by atoms with E-state index in [2.05, 4.69) is 18.2 Å². The van der Waals surface area contributed by atoms with Crippen LogP contribution in [0.5, 0.6) is 0 Å². The van der Waals surface area contributed by atoms with Crippen molar-refractivity contribution in [2.75, 3.05) is 0 Å². The molecule has 0 aliphatic rings. The third-order valence-corrected chi connectivity index (χ3v) is 8.06. The van der Waals surface area contributed by atoms with Crippen LogP contribution in [-0.2, 0) is 12.5 Å². The summed E-state index contributed by atoms with van der Waals surface area (Å²) in [6.45, 7) is 8.03. The second-order valence-electron chi connectivity index (χ2n) is 11.8. The standard InChI is InChI=1S/C36H28FN2O2/c1-20-10-12-25-27-15-21(18-38)14-26(22-11-13-24-23-8-6-7-9-31(23)40-32(24)16-22)34(27)41-35(25)33(20)30-17-29(37)28(19-39(30)5)36(2,3)4/h6-17,19H,1-5H3/q+1. The monoisotopic (exact) mass is 539 g/mol. The van der Waals surface area contributed by atoms with Crippen LogP contribution in [0.3, 0.4) is 0 Å². The Morgan fingerprint density at radius 1 is 0.805 bits per heavy atom. The Morgan fingerprint density at radius 3 is 2.34 bits per heavy atom. The normalized spacial score (nSPS) is 12.1. The molecule has 5 heteroatoms. The first-order valence-corrected chi connectivity index (χ1v) is 13.7. The third kappa shape index (κ3) is 3.82. The summed E-state index contributed by atoms with van der Waals surface area (Å²) in [6, 6.07) is 25.8. The average Bonchev–Trinajstić information content (AvgIpc) is 3.50. The number of pyridine rings is 1. The Morgan fingerprint density at radius 2 is 1.56 bits per heavy atom. The van der Waals surface area contributed by atoms with Crippen LogP contribution in [0.2, 0.25) is 0 Å². The van der Waals surface area contributed by atoms with Gasteiger partial charge in [0.15, 0.2) is 6.20 Å². The molecule has 7 aromatic rings. The van der Waals surface area contributed by atoms with Crippen LogP contribution in [0.1, 0.15) is 37.5 Å². The smallest absolute Gasteiger partial charge is 0.219 e. The quantitative estimate of drug-likeness (QED) is 0.206. The van der Waals surface area contributed by atoms with Crippen molar-refractivity contribution in [3.63, 3.8) is 0 Å². The summed E-state index contributed by atoms with van der Waals surface area (Å²) in [4.78, 5) is 0. The number of aromatic nitrogens is 1. The van der Waals surface area contributed by atoms with E-state index in [1.807, 2.05) is 100 Å². The van der Waals surface area contributed by atoms with E-state index < -0.39 is 0 Å². The second-order valence-corrected chi connectivity index (χ2v) is 11.8. The zero-order valence-corrected chi connectivity index (χ0v) is 23.6. The lowest BCUT2D eigenvalue weighted by Crippen LogP contribution is -2.34. The molecule has 0 spiro atoms.